The molecule has 1 N–H and O–H groups in total. The van der Waals surface area contributed by atoms with E-state index >= 15 is 0 Å². The van der Waals surface area contributed by atoms with Gasteiger partial charge in [-0.15, -0.1) is 11.3 Å². The number of aliphatic hydroxyl groups excluding tert-OH is 1. The molecule has 0 aliphatic carbocycles. The number of carbonyl (C=O) groups excluding carboxylic acids is 2. The Morgan fingerprint density at radius 1 is 1.09 bits per heavy atom. The van der Waals surface area contributed by atoms with Crippen LogP contribution in [0.1, 0.15) is 27.6 Å². The van der Waals surface area contributed by atoms with Gasteiger partial charge in [-0.2, -0.15) is 0 Å². The average Bonchev–Trinajstić information content (AvgIpc) is 3.33. The van der Waals surface area contributed by atoms with E-state index < -0.39 is 17.7 Å². The molecule has 0 radical (unpaired) electrons. The minimum atomic E-state index is -0.774. The number of benzene rings is 2. The molecule has 0 bridgehead atoms. The van der Waals surface area contributed by atoms with Crippen molar-refractivity contribution in [3.05, 3.63) is 90.1 Å². The molecule has 1 fully saturated rings. The van der Waals surface area contributed by atoms with Crippen LogP contribution in [-0.2, 0) is 16.0 Å². The lowest BCUT2D eigenvalue weighted by molar-refractivity contribution is -0.139. The van der Waals surface area contributed by atoms with Crippen molar-refractivity contribution in [2.45, 2.75) is 19.4 Å². The fourth-order valence-electron chi connectivity index (χ4n) is 4.04. The molecule has 1 aliphatic heterocycles. The number of thiophene rings is 1. The summed E-state index contributed by atoms with van der Waals surface area (Å²) >= 11 is 19.8. The van der Waals surface area contributed by atoms with Crippen LogP contribution < -0.4 is 4.74 Å². The average molecular weight is 537 g/mol. The number of aryl methyl sites for hydroxylation is 1. The predicted molar refractivity (Wildman–Crippen MR) is 136 cm³/mol. The number of hydrogen-bond acceptors (Lipinski definition) is 5. The zero-order valence-electron chi connectivity index (χ0n) is 18.3. The molecule has 3 aromatic rings. The number of hydrogen-bond donors (Lipinski definition) is 1. The SMILES string of the molecule is COc1c(Cl)cc(Cl)cc1/C(O)=C1\C(=O)C(=O)N(CCc2ccc(Cl)cc2)C1c1sccc1C. The predicted octanol–water partition coefficient (Wildman–Crippen LogP) is 6.69. The van der Waals surface area contributed by atoms with Crippen molar-refractivity contribution in [2.75, 3.05) is 13.7 Å². The maximum absolute atomic E-state index is 13.2. The second-order valence-corrected chi connectivity index (χ2v) is 10.0. The van der Waals surface area contributed by atoms with Crippen molar-refractivity contribution in [2.24, 2.45) is 0 Å². The molecule has 1 unspecified atom stereocenters. The van der Waals surface area contributed by atoms with E-state index in [0.717, 1.165) is 16.0 Å². The molecule has 1 atom stereocenters. The summed E-state index contributed by atoms with van der Waals surface area (Å²) < 4.78 is 5.36. The Kier molecular flexibility index (Phi) is 7.24. The van der Waals surface area contributed by atoms with Gasteiger partial charge >= 0.3 is 0 Å². The Morgan fingerprint density at radius 2 is 1.79 bits per heavy atom. The monoisotopic (exact) mass is 535 g/mol. The molecule has 1 aliphatic rings. The molecule has 9 heteroatoms. The highest BCUT2D eigenvalue weighted by Gasteiger charge is 2.47. The molecule has 0 spiro atoms. The number of ketones is 1. The smallest absolute Gasteiger partial charge is 0.295 e. The Hall–Kier alpha value is -2.51. The maximum Gasteiger partial charge on any atom is 0.295 e. The highest BCUT2D eigenvalue weighted by molar-refractivity contribution is 7.10. The van der Waals surface area contributed by atoms with E-state index in [2.05, 4.69) is 0 Å². The van der Waals surface area contributed by atoms with Crippen LogP contribution in [0.3, 0.4) is 0 Å². The van der Waals surface area contributed by atoms with E-state index in [-0.39, 0.29) is 39.2 Å². The summed E-state index contributed by atoms with van der Waals surface area (Å²) in [5, 5.41) is 14.3. The Labute approximate surface area is 216 Å². The van der Waals surface area contributed by atoms with E-state index in [1.807, 2.05) is 30.5 Å². The van der Waals surface area contributed by atoms with Crippen molar-refractivity contribution in [3.63, 3.8) is 0 Å². The van der Waals surface area contributed by atoms with Crippen molar-refractivity contribution in [1.29, 1.82) is 0 Å². The van der Waals surface area contributed by atoms with E-state index in [1.165, 1.54) is 35.5 Å². The lowest BCUT2D eigenvalue weighted by Gasteiger charge is -2.25. The van der Waals surface area contributed by atoms with Gasteiger partial charge in [0, 0.05) is 21.5 Å². The molecule has 1 aromatic heterocycles. The van der Waals surface area contributed by atoms with Gasteiger partial charge < -0.3 is 14.7 Å². The number of nitrogens with zero attached hydrogens (tertiary/aromatic N) is 1. The van der Waals surface area contributed by atoms with Crippen molar-refractivity contribution in [3.8, 4) is 5.75 Å². The third kappa shape index (κ3) is 4.56. The van der Waals surface area contributed by atoms with Gasteiger partial charge in [0.2, 0.25) is 0 Å². The van der Waals surface area contributed by atoms with Crippen LogP contribution in [0.25, 0.3) is 5.76 Å². The van der Waals surface area contributed by atoms with Crippen LogP contribution in [0.4, 0.5) is 0 Å². The molecule has 2 heterocycles. The van der Waals surface area contributed by atoms with Gasteiger partial charge in [0.25, 0.3) is 11.7 Å². The van der Waals surface area contributed by atoms with E-state index in [4.69, 9.17) is 39.5 Å². The van der Waals surface area contributed by atoms with Crippen molar-refractivity contribution >= 4 is 63.6 Å². The topological polar surface area (TPSA) is 66.8 Å². The van der Waals surface area contributed by atoms with Gasteiger partial charge in [0.15, 0.2) is 0 Å². The molecule has 176 valence electrons. The summed E-state index contributed by atoms with van der Waals surface area (Å²) in [4.78, 5) is 28.7. The van der Waals surface area contributed by atoms with Crippen molar-refractivity contribution in [1.82, 2.24) is 4.90 Å². The highest BCUT2D eigenvalue weighted by Crippen LogP contribution is 2.45. The zero-order chi connectivity index (χ0) is 24.6. The Balaban J connectivity index is 1.83. The number of ether oxygens (including phenoxy) is 1. The zero-order valence-corrected chi connectivity index (χ0v) is 21.4. The fourth-order valence-corrected chi connectivity index (χ4v) is 5.78. The number of amides is 1. The quantitative estimate of drug-likeness (QED) is 0.216. The van der Waals surface area contributed by atoms with Gasteiger partial charge in [0.05, 0.1) is 29.3 Å². The molecule has 5 nitrogen and oxygen atoms in total. The number of carbonyl (C=O) groups is 2. The van der Waals surface area contributed by atoms with Crippen LogP contribution in [0.15, 0.2) is 53.4 Å². The second-order valence-electron chi connectivity index (χ2n) is 7.81. The van der Waals surface area contributed by atoms with Gasteiger partial charge in [0.1, 0.15) is 11.5 Å². The van der Waals surface area contributed by atoms with Crippen LogP contribution in [0.5, 0.6) is 5.75 Å². The summed E-state index contributed by atoms with van der Waals surface area (Å²) in [6.45, 7) is 2.18. The minimum Gasteiger partial charge on any atom is -0.507 e. The third-order valence-electron chi connectivity index (χ3n) is 5.71. The maximum atomic E-state index is 13.2. The molecule has 0 saturated carbocycles. The summed E-state index contributed by atoms with van der Waals surface area (Å²) in [5.41, 5.74) is 2.00. The normalized spacial score (nSPS) is 17.4. The first-order chi connectivity index (χ1) is 16.2. The van der Waals surface area contributed by atoms with Crippen LogP contribution in [0, 0.1) is 6.92 Å². The largest absolute Gasteiger partial charge is 0.507 e. The molecule has 2 aromatic carbocycles. The third-order valence-corrected chi connectivity index (χ3v) is 7.53. The first-order valence-corrected chi connectivity index (χ1v) is 12.3. The highest BCUT2D eigenvalue weighted by atomic mass is 35.5. The number of methoxy groups -OCH3 is 1. The molecule has 4 rings (SSSR count). The molecular weight excluding hydrogens is 517 g/mol. The number of rotatable bonds is 6. The van der Waals surface area contributed by atoms with Crippen LogP contribution in [0.2, 0.25) is 15.1 Å². The minimum absolute atomic E-state index is 0.0247. The molecule has 34 heavy (non-hydrogen) atoms. The van der Waals surface area contributed by atoms with E-state index in [1.54, 1.807) is 12.1 Å². The first-order valence-electron chi connectivity index (χ1n) is 10.3. The molecule has 1 amide bonds. The lowest BCUT2D eigenvalue weighted by Crippen LogP contribution is -2.31. The number of Topliss-reactive ketones (excluding diaryl/α,β-unsaturated/α-hetero) is 1. The summed E-state index contributed by atoms with van der Waals surface area (Å²) in [6.07, 6.45) is 0.511. The van der Waals surface area contributed by atoms with Crippen molar-refractivity contribution < 1.29 is 19.4 Å². The van der Waals surface area contributed by atoms with E-state index in [0.29, 0.717) is 11.4 Å². The fraction of sp³-hybridized carbons (Fsp3) is 0.200. The lowest BCUT2D eigenvalue weighted by atomic mass is 9.97. The summed E-state index contributed by atoms with van der Waals surface area (Å²) in [6, 6.07) is 11.4. The summed E-state index contributed by atoms with van der Waals surface area (Å²) in [7, 11) is 1.40. The van der Waals surface area contributed by atoms with Gasteiger partial charge in [-0.25, -0.2) is 0 Å². The van der Waals surface area contributed by atoms with E-state index in [9.17, 15) is 14.7 Å². The number of aliphatic hydroxyl groups is 1. The van der Waals surface area contributed by atoms with Crippen LogP contribution in [-0.4, -0.2) is 35.4 Å². The standard InChI is InChI=1S/C25H20Cl3NO4S/c1-13-8-10-34-24(13)20-19(21(30)17-11-16(27)12-18(28)23(17)33-2)22(31)25(32)29(20)9-7-14-3-5-15(26)6-4-14/h3-6,8,10-12,20,30H,7,9H2,1-2H3/b21-19+. The van der Waals surface area contributed by atoms with Gasteiger partial charge in [-0.3, -0.25) is 9.59 Å². The number of likely N-dealkylation sites (tertiary alicyclic amines) is 1. The molecule has 1 saturated heterocycles. The Bertz CT molecular complexity index is 1300. The summed E-state index contributed by atoms with van der Waals surface area (Å²) in [5.74, 6) is -1.67. The molecular formula is C25H20Cl3NO4S. The van der Waals surface area contributed by atoms with Crippen LogP contribution >= 0.6 is 46.1 Å². The van der Waals surface area contributed by atoms with Gasteiger partial charge in [-0.05, 0) is 60.2 Å². The first kappa shape index (κ1) is 24.6. The number of halogens is 3. The van der Waals surface area contributed by atoms with Gasteiger partial charge in [-0.1, -0.05) is 46.9 Å². The Morgan fingerprint density at radius 3 is 2.41 bits per heavy atom. The second kappa shape index (κ2) is 10.0.